The fourth-order valence-electron chi connectivity index (χ4n) is 1.81. The number of thioether (sulfide) groups is 1. The van der Waals surface area contributed by atoms with Crippen molar-refractivity contribution >= 4 is 23.6 Å². The van der Waals surface area contributed by atoms with E-state index in [0.717, 1.165) is 5.75 Å². The van der Waals surface area contributed by atoms with Crippen LogP contribution < -0.4 is 5.73 Å². The smallest absolute Gasteiger partial charge is 0.306 e. The maximum absolute atomic E-state index is 11.8. The highest BCUT2D eigenvalue weighted by atomic mass is 32.2. The Kier molecular flexibility index (Phi) is 5.27. The number of hydrogen-bond acceptors (Lipinski definition) is 4. The molecule has 1 fully saturated rings. The minimum atomic E-state index is -0.797. The van der Waals surface area contributed by atoms with Crippen molar-refractivity contribution in [2.24, 2.45) is 17.6 Å². The van der Waals surface area contributed by atoms with Crippen molar-refractivity contribution in [2.75, 3.05) is 25.1 Å². The van der Waals surface area contributed by atoms with Gasteiger partial charge in [0, 0.05) is 19.0 Å². The Balaban J connectivity index is 2.32. The number of carboxylic acid groups (broad SMARTS) is 1. The molecule has 1 aliphatic heterocycles. The van der Waals surface area contributed by atoms with Gasteiger partial charge >= 0.3 is 5.97 Å². The van der Waals surface area contributed by atoms with Crippen LogP contribution in [0.1, 0.15) is 13.3 Å². The van der Waals surface area contributed by atoms with Crippen LogP contribution in [0.4, 0.5) is 0 Å². The minimum Gasteiger partial charge on any atom is -0.481 e. The predicted octanol–water partition coefficient (Wildman–Crippen LogP) is 0.246. The first kappa shape index (κ1) is 14.3. The molecule has 1 aliphatic rings. The summed E-state index contributed by atoms with van der Waals surface area (Å²) in [5, 5.41) is 8.84. The first-order valence-electron chi connectivity index (χ1n) is 5.73. The van der Waals surface area contributed by atoms with E-state index in [-0.39, 0.29) is 17.7 Å². The van der Waals surface area contributed by atoms with E-state index >= 15 is 0 Å². The van der Waals surface area contributed by atoms with Gasteiger partial charge in [-0.2, -0.15) is 11.8 Å². The zero-order chi connectivity index (χ0) is 13.0. The van der Waals surface area contributed by atoms with Gasteiger partial charge < -0.3 is 15.7 Å². The molecular formula is C11H20N2O3S. The van der Waals surface area contributed by atoms with Crippen molar-refractivity contribution in [1.82, 2.24) is 4.90 Å². The highest BCUT2D eigenvalue weighted by molar-refractivity contribution is 7.98. The molecule has 1 rings (SSSR count). The van der Waals surface area contributed by atoms with Crippen LogP contribution in [0.2, 0.25) is 0 Å². The second kappa shape index (κ2) is 6.26. The van der Waals surface area contributed by atoms with E-state index in [0.29, 0.717) is 19.5 Å². The molecule has 0 spiro atoms. The zero-order valence-electron chi connectivity index (χ0n) is 10.3. The summed E-state index contributed by atoms with van der Waals surface area (Å²) in [7, 11) is 0. The average molecular weight is 260 g/mol. The fourth-order valence-corrected chi connectivity index (χ4v) is 2.30. The molecule has 0 aromatic heterocycles. The molecule has 5 nitrogen and oxygen atoms in total. The van der Waals surface area contributed by atoms with Gasteiger partial charge in [-0.25, -0.2) is 0 Å². The lowest BCUT2D eigenvalue weighted by Gasteiger charge is -2.42. The van der Waals surface area contributed by atoms with Crippen LogP contribution in [-0.2, 0) is 9.59 Å². The van der Waals surface area contributed by atoms with Crippen LogP contribution in [-0.4, -0.2) is 53.0 Å². The van der Waals surface area contributed by atoms with Gasteiger partial charge in [0.15, 0.2) is 0 Å². The van der Waals surface area contributed by atoms with Crippen molar-refractivity contribution in [3.05, 3.63) is 0 Å². The molecule has 3 N–H and O–H groups in total. The van der Waals surface area contributed by atoms with Gasteiger partial charge in [0.2, 0.25) is 5.91 Å². The van der Waals surface area contributed by atoms with E-state index in [2.05, 4.69) is 0 Å². The van der Waals surface area contributed by atoms with Crippen LogP contribution in [0.15, 0.2) is 0 Å². The van der Waals surface area contributed by atoms with Gasteiger partial charge in [-0.05, 0) is 18.4 Å². The average Bonchev–Trinajstić information content (AvgIpc) is 2.23. The molecule has 0 bridgehead atoms. The lowest BCUT2D eigenvalue weighted by molar-refractivity contribution is -0.151. The summed E-state index contributed by atoms with van der Waals surface area (Å²) < 4.78 is 0. The molecule has 17 heavy (non-hydrogen) atoms. The van der Waals surface area contributed by atoms with Crippen molar-refractivity contribution in [3.8, 4) is 0 Å². The van der Waals surface area contributed by atoms with E-state index < -0.39 is 12.0 Å². The van der Waals surface area contributed by atoms with Crippen LogP contribution >= 0.6 is 11.8 Å². The van der Waals surface area contributed by atoms with Crippen molar-refractivity contribution in [2.45, 2.75) is 19.4 Å². The molecule has 1 amide bonds. The quantitative estimate of drug-likeness (QED) is 0.715. The molecule has 1 saturated heterocycles. The zero-order valence-corrected chi connectivity index (χ0v) is 11.1. The number of amides is 1. The van der Waals surface area contributed by atoms with Gasteiger partial charge in [-0.15, -0.1) is 0 Å². The molecule has 1 unspecified atom stereocenters. The standard InChI is InChI=1S/C11H20N2O3S/c1-7(11(15)16)8-5-13(6-8)10(14)9(12)3-4-17-2/h7-9H,3-6,12H2,1-2H3,(H,15,16)/t7?,9-/m0/s1. The molecule has 0 aromatic rings. The molecular weight excluding hydrogens is 240 g/mol. The van der Waals surface area contributed by atoms with Crippen molar-refractivity contribution < 1.29 is 14.7 Å². The molecule has 0 saturated carbocycles. The van der Waals surface area contributed by atoms with Gasteiger partial charge in [0.05, 0.1) is 12.0 Å². The normalized spacial score (nSPS) is 19.6. The van der Waals surface area contributed by atoms with Crippen LogP contribution in [0.5, 0.6) is 0 Å². The minimum absolute atomic E-state index is 0.0483. The van der Waals surface area contributed by atoms with E-state index in [9.17, 15) is 9.59 Å². The van der Waals surface area contributed by atoms with Crippen molar-refractivity contribution in [1.29, 1.82) is 0 Å². The summed E-state index contributed by atoms with van der Waals surface area (Å²) in [5.41, 5.74) is 5.77. The van der Waals surface area contributed by atoms with E-state index in [4.69, 9.17) is 10.8 Å². The number of carbonyl (C=O) groups is 2. The number of nitrogens with two attached hydrogens (primary N) is 1. The number of hydrogen-bond donors (Lipinski definition) is 2. The molecule has 6 heteroatoms. The third-order valence-corrected chi connectivity index (χ3v) is 3.91. The molecule has 98 valence electrons. The molecule has 2 atom stereocenters. The lowest BCUT2D eigenvalue weighted by Crippen LogP contribution is -2.57. The Labute approximate surface area is 106 Å². The first-order chi connectivity index (χ1) is 7.97. The topological polar surface area (TPSA) is 83.6 Å². The fraction of sp³-hybridized carbons (Fsp3) is 0.818. The van der Waals surface area contributed by atoms with E-state index in [1.807, 2.05) is 6.26 Å². The van der Waals surface area contributed by atoms with Crippen LogP contribution in [0, 0.1) is 11.8 Å². The number of aliphatic carboxylic acids is 1. The number of nitrogens with zero attached hydrogens (tertiary/aromatic N) is 1. The Hall–Kier alpha value is -0.750. The summed E-state index contributed by atoms with van der Waals surface area (Å²) >= 11 is 1.67. The maximum atomic E-state index is 11.8. The molecule has 0 radical (unpaired) electrons. The predicted molar refractivity (Wildman–Crippen MR) is 67.8 cm³/mol. The molecule has 1 heterocycles. The number of carbonyl (C=O) groups excluding carboxylic acids is 1. The summed E-state index contributed by atoms with van der Waals surface area (Å²) in [5.74, 6) is -0.289. The monoisotopic (exact) mass is 260 g/mol. The van der Waals surface area contributed by atoms with E-state index in [1.165, 1.54) is 0 Å². The van der Waals surface area contributed by atoms with Gasteiger partial charge in [-0.3, -0.25) is 9.59 Å². The Morgan fingerprint density at radius 3 is 2.59 bits per heavy atom. The Bertz CT molecular complexity index is 292. The van der Waals surface area contributed by atoms with Crippen LogP contribution in [0.25, 0.3) is 0 Å². The number of carboxylic acids is 1. The van der Waals surface area contributed by atoms with E-state index in [1.54, 1.807) is 23.6 Å². The third kappa shape index (κ3) is 3.61. The SMILES string of the molecule is CSCC[C@H](N)C(=O)N1CC(C(C)C(=O)O)C1. The van der Waals surface area contributed by atoms with Crippen LogP contribution in [0.3, 0.4) is 0 Å². The second-order valence-electron chi connectivity index (χ2n) is 4.52. The second-order valence-corrected chi connectivity index (χ2v) is 5.50. The summed E-state index contributed by atoms with van der Waals surface area (Å²) in [4.78, 5) is 24.2. The van der Waals surface area contributed by atoms with Gasteiger partial charge in [-0.1, -0.05) is 6.92 Å². The highest BCUT2D eigenvalue weighted by Gasteiger charge is 2.38. The number of likely N-dealkylation sites (tertiary alicyclic amines) is 1. The van der Waals surface area contributed by atoms with Gasteiger partial charge in [0.25, 0.3) is 0 Å². The largest absolute Gasteiger partial charge is 0.481 e. The Morgan fingerprint density at radius 1 is 1.53 bits per heavy atom. The number of rotatable bonds is 6. The molecule has 0 aliphatic carbocycles. The Morgan fingerprint density at radius 2 is 2.12 bits per heavy atom. The highest BCUT2D eigenvalue weighted by Crippen LogP contribution is 2.24. The van der Waals surface area contributed by atoms with Crippen molar-refractivity contribution in [3.63, 3.8) is 0 Å². The summed E-state index contributed by atoms with van der Waals surface area (Å²) in [6, 6.07) is -0.441. The first-order valence-corrected chi connectivity index (χ1v) is 7.12. The molecule has 0 aromatic carbocycles. The lowest BCUT2D eigenvalue weighted by atomic mass is 9.86. The third-order valence-electron chi connectivity index (χ3n) is 3.27. The maximum Gasteiger partial charge on any atom is 0.306 e. The summed E-state index contributed by atoms with van der Waals surface area (Å²) in [6.07, 6.45) is 2.65. The van der Waals surface area contributed by atoms with Gasteiger partial charge in [0.1, 0.15) is 0 Å². The summed E-state index contributed by atoms with van der Waals surface area (Å²) in [6.45, 7) is 2.74.